The Morgan fingerprint density at radius 3 is 2.94 bits per heavy atom. The molecule has 0 saturated carbocycles. The van der Waals surface area contributed by atoms with Crippen LogP contribution in [0.5, 0.6) is 0 Å². The van der Waals surface area contributed by atoms with Gasteiger partial charge in [0.05, 0.1) is 11.9 Å². The Hall–Kier alpha value is -1.10. The molecule has 0 amide bonds. The molecule has 1 unspecified atom stereocenters. The van der Waals surface area contributed by atoms with Crippen LogP contribution in [0.4, 0.5) is 0 Å². The summed E-state index contributed by atoms with van der Waals surface area (Å²) in [5, 5.41) is 10.6. The van der Waals surface area contributed by atoms with Crippen LogP contribution in [0.1, 0.15) is 11.8 Å². The predicted molar refractivity (Wildman–Crippen MR) is 69.2 cm³/mol. The molecule has 0 radical (unpaired) electrons. The molecule has 0 aliphatic heterocycles. The highest BCUT2D eigenvalue weighted by molar-refractivity contribution is 7.99. The van der Waals surface area contributed by atoms with Gasteiger partial charge in [0.25, 0.3) is 0 Å². The average molecular weight is 267 g/mol. The summed E-state index contributed by atoms with van der Waals surface area (Å²) in [7, 11) is 0. The maximum atomic E-state index is 9.89. The van der Waals surface area contributed by atoms with Crippen molar-refractivity contribution in [2.24, 2.45) is 0 Å². The van der Waals surface area contributed by atoms with Gasteiger partial charge in [-0.1, -0.05) is 17.7 Å². The molecule has 1 N–H and O–H groups in total. The summed E-state index contributed by atoms with van der Waals surface area (Å²) < 4.78 is 0. The molecule has 0 spiro atoms. The first-order valence-corrected chi connectivity index (χ1v) is 6.44. The zero-order valence-electron chi connectivity index (χ0n) is 8.95. The van der Waals surface area contributed by atoms with Crippen LogP contribution in [0.2, 0.25) is 5.02 Å². The van der Waals surface area contributed by atoms with Gasteiger partial charge < -0.3 is 5.11 Å². The van der Waals surface area contributed by atoms with E-state index in [2.05, 4.69) is 9.97 Å². The van der Waals surface area contributed by atoms with Gasteiger partial charge in [0, 0.05) is 28.1 Å². The molecule has 0 aliphatic rings. The van der Waals surface area contributed by atoms with Crippen LogP contribution >= 0.6 is 23.4 Å². The monoisotopic (exact) mass is 266 g/mol. The van der Waals surface area contributed by atoms with Crippen molar-refractivity contribution in [1.82, 2.24) is 9.97 Å². The smallest absolute Gasteiger partial charge is 0.107 e. The van der Waals surface area contributed by atoms with Crippen LogP contribution in [0.15, 0.2) is 47.8 Å². The Balaban J connectivity index is 1.95. The maximum absolute atomic E-state index is 9.89. The van der Waals surface area contributed by atoms with Crippen molar-refractivity contribution in [2.45, 2.75) is 11.0 Å². The summed E-state index contributed by atoms with van der Waals surface area (Å²) in [6.45, 7) is 0. The van der Waals surface area contributed by atoms with Crippen molar-refractivity contribution in [2.75, 3.05) is 5.75 Å². The van der Waals surface area contributed by atoms with Gasteiger partial charge in [-0.25, -0.2) is 0 Å². The third-order valence-electron chi connectivity index (χ3n) is 2.13. The minimum absolute atomic E-state index is 0.527. The number of nitrogens with zero attached hydrogens (tertiary/aromatic N) is 2. The molecule has 0 saturated heterocycles. The molecule has 1 aromatic carbocycles. The summed E-state index contributed by atoms with van der Waals surface area (Å²) in [6.07, 6.45) is 4.11. The Kier molecular flexibility index (Phi) is 4.36. The van der Waals surface area contributed by atoms with Crippen molar-refractivity contribution in [3.8, 4) is 0 Å². The van der Waals surface area contributed by atoms with Crippen molar-refractivity contribution in [3.05, 3.63) is 53.6 Å². The molecule has 2 rings (SSSR count). The standard InChI is InChI=1S/C12H11ClN2OS/c13-9-2-1-3-10(6-9)17-8-12(16)11-7-14-4-5-15-11/h1-7,12,16H,8H2. The summed E-state index contributed by atoms with van der Waals surface area (Å²) in [5.41, 5.74) is 0.585. The molecular weight excluding hydrogens is 256 g/mol. The number of aromatic nitrogens is 2. The number of thioether (sulfide) groups is 1. The fourth-order valence-corrected chi connectivity index (χ4v) is 2.46. The number of hydrogen-bond acceptors (Lipinski definition) is 4. The molecular formula is C12H11ClN2OS. The molecule has 2 aromatic rings. The number of hydrogen-bond donors (Lipinski definition) is 1. The van der Waals surface area contributed by atoms with Crippen molar-refractivity contribution >= 4 is 23.4 Å². The van der Waals surface area contributed by atoms with Crippen LogP contribution < -0.4 is 0 Å². The van der Waals surface area contributed by atoms with Crippen LogP contribution in [0.25, 0.3) is 0 Å². The lowest BCUT2D eigenvalue weighted by Crippen LogP contribution is -2.03. The number of benzene rings is 1. The highest BCUT2D eigenvalue weighted by Crippen LogP contribution is 2.25. The van der Waals surface area contributed by atoms with E-state index < -0.39 is 6.10 Å². The van der Waals surface area contributed by atoms with Gasteiger partial charge in [0.2, 0.25) is 0 Å². The van der Waals surface area contributed by atoms with Crippen LogP contribution in [-0.2, 0) is 0 Å². The van der Waals surface area contributed by atoms with Gasteiger partial charge in [-0.05, 0) is 18.2 Å². The minimum Gasteiger partial charge on any atom is -0.386 e. The van der Waals surface area contributed by atoms with E-state index in [1.807, 2.05) is 24.3 Å². The lowest BCUT2D eigenvalue weighted by Gasteiger charge is -2.08. The first-order chi connectivity index (χ1) is 8.25. The molecule has 17 heavy (non-hydrogen) atoms. The SMILES string of the molecule is OC(CSc1cccc(Cl)c1)c1cnccn1. The van der Waals surface area contributed by atoms with E-state index in [0.29, 0.717) is 16.5 Å². The minimum atomic E-state index is -0.618. The molecule has 1 heterocycles. The Labute approximate surface area is 109 Å². The van der Waals surface area contributed by atoms with Gasteiger partial charge in [-0.15, -0.1) is 11.8 Å². The van der Waals surface area contributed by atoms with Gasteiger partial charge in [0.15, 0.2) is 0 Å². The highest BCUT2D eigenvalue weighted by atomic mass is 35.5. The van der Waals surface area contributed by atoms with Crippen LogP contribution in [-0.4, -0.2) is 20.8 Å². The van der Waals surface area contributed by atoms with E-state index in [0.717, 1.165) is 4.90 Å². The lowest BCUT2D eigenvalue weighted by molar-refractivity contribution is 0.198. The topological polar surface area (TPSA) is 46.0 Å². The summed E-state index contributed by atoms with van der Waals surface area (Å²) in [6, 6.07) is 7.54. The largest absolute Gasteiger partial charge is 0.386 e. The summed E-state index contributed by atoms with van der Waals surface area (Å²) in [4.78, 5) is 9.01. The normalized spacial score (nSPS) is 12.4. The molecule has 0 bridgehead atoms. The molecule has 0 fully saturated rings. The molecule has 1 atom stereocenters. The fraction of sp³-hybridized carbons (Fsp3) is 0.167. The number of halogens is 1. The van der Waals surface area contributed by atoms with E-state index in [1.165, 1.54) is 11.8 Å². The van der Waals surface area contributed by atoms with Crippen LogP contribution in [0, 0.1) is 0 Å². The lowest BCUT2D eigenvalue weighted by atomic mass is 10.3. The Morgan fingerprint density at radius 1 is 1.35 bits per heavy atom. The predicted octanol–water partition coefficient (Wildman–Crippen LogP) is 2.96. The number of aliphatic hydroxyl groups excluding tert-OH is 1. The second-order valence-corrected chi connectivity index (χ2v) is 4.94. The first kappa shape index (κ1) is 12.4. The van der Waals surface area contributed by atoms with Gasteiger partial charge in [0.1, 0.15) is 6.10 Å². The zero-order valence-corrected chi connectivity index (χ0v) is 10.5. The van der Waals surface area contributed by atoms with E-state index >= 15 is 0 Å². The van der Waals surface area contributed by atoms with Crippen LogP contribution in [0.3, 0.4) is 0 Å². The van der Waals surface area contributed by atoms with Crippen molar-refractivity contribution < 1.29 is 5.11 Å². The van der Waals surface area contributed by atoms with Crippen molar-refractivity contribution in [3.63, 3.8) is 0 Å². The zero-order chi connectivity index (χ0) is 12.1. The first-order valence-electron chi connectivity index (χ1n) is 5.08. The maximum Gasteiger partial charge on any atom is 0.107 e. The molecule has 1 aromatic heterocycles. The second kappa shape index (κ2) is 6.00. The Morgan fingerprint density at radius 2 is 2.24 bits per heavy atom. The van der Waals surface area contributed by atoms with Crippen molar-refractivity contribution in [1.29, 1.82) is 0 Å². The fourth-order valence-electron chi connectivity index (χ4n) is 1.30. The van der Waals surface area contributed by atoms with E-state index in [-0.39, 0.29) is 0 Å². The van der Waals surface area contributed by atoms with E-state index in [9.17, 15) is 5.11 Å². The average Bonchev–Trinajstić information content (AvgIpc) is 2.37. The Bertz CT molecular complexity index is 481. The van der Waals surface area contributed by atoms with Gasteiger partial charge in [-0.2, -0.15) is 0 Å². The summed E-state index contributed by atoms with van der Waals surface area (Å²) >= 11 is 7.41. The highest BCUT2D eigenvalue weighted by Gasteiger charge is 2.09. The third-order valence-corrected chi connectivity index (χ3v) is 3.43. The molecule has 88 valence electrons. The van der Waals surface area contributed by atoms with E-state index in [4.69, 9.17) is 11.6 Å². The molecule has 3 nitrogen and oxygen atoms in total. The number of rotatable bonds is 4. The molecule has 5 heteroatoms. The van der Waals surface area contributed by atoms with Gasteiger partial charge >= 0.3 is 0 Å². The van der Waals surface area contributed by atoms with Gasteiger partial charge in [-0.3, -0.25) is 9.97 Å². The molecule has 0 aliphatic carbocycles. The third kappa shape index (κ3) is 3.70. The van der Waals surface area contributed by atoms with E-state index in [1.54, 1.807) is 18.6 Å². The number of aliphatic hydroxyl groups is 1. The quantitative estimate of drug-likeness (QED) is 0.865. The second-order valence-electron chi connectivity index (χ2n) is 3.41. The summed E-state index contributed by atoms with van der Waals surface area (Å²) in [5.74, 6) is 0.527.